The fourth-order valence-corrected chi connectivity index (χ4v) is 2.77. The number of alkyl halides is 3. The van der Waals surface area contributed by atoms with Crippen LogP contribution in [0.1, 0.15) is 17.5 Å². The first-order valence-corrected chi connectivity index (χ1v) is 8.17. The maximum Gasteiger partial charge on any atom is 0.418 e. The van der Waals surface area contributed by atoms with Crippen LogP contribution in [0.4, 0.5) is 27.5 Å². The number of benzene rings is 1. The highest BCUT2D eigenvalue weighted by Gasteiger charge is 2.50. The number of hydrogen-bond acceptors (Lipinski definition) is 5. The van der Waals surface area contributed by atoms with Crippen LogP contribution in [0.3, 0.4) is 0 Å². The van der Waals surface area contributed by atoms with Gasteiger partial charge in [0.25, 0.3) is 0 Å². The zero-order chi connectivity index (χ0) is 19.5. The molecule has 2 aromatic rings. The standard InChI is InChI=1S/C15H16F4N4O2S/c1-14(25,15(17,18)19)8-23(2)13(24)20-12-22-21-11(26-12)7-9-4-3-5-10(16)6-9/h3-6,25H,7-8H2,1-2H3,(H,20,22,24). The number of aliphatic hydroxyl groups is 1. The second-order valence-electron chi connectivity index (χ2n) is 5.87. The predicted molar refractivity (Wildman–Crippen MR) is 87.4 cm³/mol. The summed E-state index contributed by atoms with van der Waals surface area (Å²) in [6.07, 6.45) is -4.58. The van der Waals surface area contributed by atoms with E-state index in [1.165, 1.54) is 12.1 Å². The van der Waals surface area contributed by atoms with Gasteiger partial charge in [0.1, 0.15) is 10.8 Å². The highest BCUT2D eigenvalue weighted by Crippen LogP contribution is 2.30. The number of urea groups is 1. The van der Waals surface area contributed by atoms with Gasteiger partial charge in [-0.15, -0.1) is 10.2 Å². The smallest absolute Gasteiger partial charge is 0.379 e. The number of rotatable bonds is 5. The van der Waals surface area contributed by atoms with Crippen molar-refractivity contribution in [1.82, 2.24) is 15.1 Å². The lowest BCUT2D eigenvalue weighted by molar-refractivity contribution is -0.254. The number of likely N-dealkylation sites (N-methyl/N-ethyl adjacent to an activating group) is 1. The first-order valence-electron chi connectivity index (χ1n) is 7.36. The molecule has 1 atom stereocenters. The number of halogens is 4. The Morgan fingerprint density at radius 3 is 2.65 bits per heavy atom. The molecule has 2 amide bonds. The van der Waals surface area contributed by atoms with Crippen LogP contribution >= 0.6 is 11.3 Å². The molecule has 0 spiro atoms. The Morgan fingerprint density at radius 2 is 2.04 bits per heavy atom. The minimum absolute atomic E-state index is 0.0832. The molecule has 1 aromatic carbocycles. The van der Waals surface area contributed by atoms with E-state index < -0.39 is 24.4 Å². The van der Waals surface area contributed by atoms with Crippen molar-refractivity contribution in [2.75, 3.05) is 18.9 Å². The summed E-state index contributed by atoms with van der Waals surface area (Å²) < 4.78 is 51.2. The Labute approximate surface area is 150 Å². The summed E-state index contributed by atoms with van der Waals surface area (Å²) >= 11 is 1.01. The normalized spacial score (nSPS) is 14.0. The van der Waals surface area contributed by atoms with Crippen LogP contribution in [0.5, 0.6) is 0 Å². The van der Waals surface area contributed by atoms with Gasteiger partial charge in [-0.2, -0.15) is 13.2 Å². The summed E-state index contributed by atoms with van der Waals surface area (Å²) in [6.45, 7) is -0.365. The molecule has 2 rings (SSSR count). The van der Waals surface area contributed by atoms with Crippen molar-refractivity contribution in [3.63, 3.8) is 0 Å². The average molecular weight is 392 g/mol. The van der Waals surface area contributed by atoms with Crippen molar-refractivity contribution in [3.8, 4) is 0 Å². The van der Waals surface area contributed by atoms with Gasteiger partial charge in [0.2, 0.25) is 5.13 Å². The molecule has 6 nitrogen and oxygen atoms in total. The van der Waals surface area contributed by atoms with Crippen molar-refractivity contribution in [2.45, 2.75) is 25.1 Å². The molecule has 142 valence electrons. The molecule has 0 radical (unpaired) electrons. The maximum absolute atomic E-state index is 13.2. The summed E-state index contributed by atoms with van der Waals surface area (Å²) in [6, 6.07) is 5.03. The van der Waals surface area contributed by atoms with Crippen molar-refractivity contribution >= 4 is 22.5 Å². The molecular weight excluding hydrogens is 376 g/mol. The largest absolute Gasteiger partial charge is 0.418 e. The van der Waals surface area contributed by atoms with E-state index in [9.17, 15) is 27.5 Å². The number of amides is 2. The molecule has 0 bridgehead atoms. The molecule has 1 unspecified atom stereocenters. The predicted octanol–water partition coefficient (Wildman–Crippen LogP) is 3.05. The molecular formula is C15H16F4N4O2S. The van der Waals surface area contributed by atoms with Gasteiger partial charge in [-0.1, -0.05) is 23.5 Å². The minimum Gasteiger partial charge on any atom is -0.379 e. The quantitative estimate of drug-likeness (QED) is 0.767. The molecule has 26 heavy (non-hydrogen) atoms. The van der Waals surface area contributed by atoms with Crippen molar-refractivity contribution in [2.24, 2.45) is 0 Å². The molecule has 1 heterocycles. The van der Waals surface area contributed by atoms with Crippen LogP contribution < -0.4 is 5.32 Å². The van der Waals surface area contributed by atoms with Gasteiger partial charge in [-0.25, -0.2) is 9.18 Å². The number of aromatic nitrogens is 2. The summed E-state index contributed by atoms with van der Waals surface area (Å²) in [7, 11) is 1.12. The topological polar surface area (TPSA) is 78.4 Å². The lowest BCUT2D eigenvalue weighted by Crippen LogP contribution is -2.52. The molecule has 0 aliphatic rings. The average Bonchev–Trinajstić information content (AvgIpc) is 2.92. The third-order valence-electron chi connectivity index (χ3n) is 3.43. The summed E-state index contributed by atoms with van der Waals surface area (Å²) in [5.74, 6) is -0.390. The third-order valence-corrected chi connectivity index (χ3v) is 4.27. The van der Waals surface area contributed by atoms with Gasteiger partial charge >= 0.3 is 12.2 Å². The van der Waals surface area contributed by atoms with E-state index >= 15 is 0 Å². The van der Waals surface area contributed by atoms with Crippen molar-refractivity contribution in [3.05, 3.63) is 40.7 Å². The SMILES string of the molecule is CN(CC(C)(O)C(F)(F)F)C(=O)Nc1nnc(Cc2cccc(F)c2)s1. The lowest BCUT2D eigenvalue weighted by atomic mass is 10.1. The molecule has 11 heteroatoms. The first-order chi connectivity index (χ1) is 12.0. The molecule has 0 saturated heterocycles. The van der Waals surface area contributed by atoms with Crippen LogP contribution in [0.2, 0.25) is 0 Å². The molecule has 1 aromatic heterocycles. The van der Waals surface area contributed by atoms with Gasteiger partial charge in [0, 0.05) is 13.5 Å². The Balaban J connectivity index is 1.96. The number of hydrogen-bond donors (Lipinski definition) is 2. The number of anilines is 1. The van der Waals surface area contributed by atoms with E-state index in [1.54, 1.807) is 12.1 Å². The summed E-state index contributed by atoms with van der Waals surface area (Å²) in [5.41, 5.74) is -2.37. The molecule has 0 saturated carbocycles. The Kier molecular flexibility index (Phi) is 5.81. The molecule has 0 aliphatic carbocycles. The van der Waals surface area contributed by atoms with Crippen LogP contribution in [-0.4, -0.2) is 51.6 Å². The van der Waals surface area contributed by atoms with Gasteiger partial charge in [0.15, 0.2) is 5.60 Å². The number of carbonyl (C=O) groups excluding carboxylic acids is 1. The van der Waals surface area contributed by atoms with E-state index in [2.05, 4.69) is 15.5 Å². The number of carbonyl (C=O) groups is 1. The van der Waals surface area contributed by atoms with Crippen LogP contribution in [0.15, 0.2) is 24.3 Å². The van der Waals surface area contributed by atoms with Gasteiger partial charge < -0.3 is 10.0 Å². The van der Waals surface area contributed by atoms with Crippen LogP contribution in [0, 0.1) is 5.82 Å². The fourth-order valence-electron chi connectivity index (χ4n) is 2.01. The van der Waals surface area contributed by atoms with Crippen molar-refractivity contribution < 1.29 is 27.5 Å². The third kappa shape index (κ3) is 5.11. The molecule has 0 aliphatic heterocycles. The Hall–Kier alpha value is -2.27. The van der Waals surface area contributed by atoms with E-state index in [0.29, 0.717) is 28.8 Å². The number of nitrogens with zero attached hydrogens (tertiary/aromatic N) is 3. The number of nitrogens with one attached hydrogen (secondary N) is 1. The van der Waals surface area contributed by atoms with Gasteiger partial charge in [-0.3, -0.25) is 5.32 Å². The maximum atomic E-state index is 13.2. The minimum atomic E-state index is -4.87. The van der Waals surface area contributed by atoms with Gasteiger partial charge in [0.05, 0.1) is 6.54 Å². The van der Waals surface area contributed by atoms with E-state index in [-0.39, 0.29) is 10.9 Å². The highest BCUT2D eigenvalue weighted by molar-refractivity contribution is 7.15. The Morgan fingerprint density at radius 1 is 1.35 bits per heavy atom. The molecule has 0 fully saturated rings. The monoisotopic (exact) mass is 392 g/mol. The van der Waals surface area contributed by atoms with Crippen LogP contribution in [0.25, 0.3) is 0 Å². The molecule has 2 N–H and O–H groups in total. The Bertz CT molecular complexity index is 779. The first kappa shape index (κ1) is 20.0. The van der Waals surface area contributed by atoms with E-state index in [0.717, 1.165) is 18.4 Å². The van der Waals surface area contributed by atoms with Gasteiger partial charge in [-0.05, 0) is 24.6 Å². The summed E-state index contributed by atoms with van der Waals surface area (Å²) in [4.78, 5) is 12.7. The second kappa shape index (κ2) is 7.54. The van der Waals surface area contributed by atoms with Crippen molar-refractivity contribution in [1.29, 1.82) is 0 Å². The zero-order valence-corrected chi connectivity index (χ0v) is 14.7. The van der Waals surface area contributed by atoms with E-state index in [1.807, 2.05) is 0 Å². The van der Waals surface area contributed by atoms with Crippen LogP contribution in [-0.2, 0) is 6.42 Å². The second-order valence-corrected chi connectivity index (χ2v) is 6.93. The lowest BCUT2D eigenvalue weighted by Gasteiger charge is -2.30. The highest BCUT2D eigenvalue weighted by atomic mass is 32.1. The summed E-state index contributed by atoms with van der Waals surface area (Å²) in [5, 5.41) is 19.9. The zero-order valence-electron chi connectivity index (χ0n) is 13.8. The fraction of sp³-hybridized carbons (Fsp3) is 0.400. The van der Waals surface area contributed by atoms with E-state index in [4.69, 9.17) is 0 Å².